The number of phenols is 1. The number of aromatic hydroxyl groups is 1. The lowest BCUT2D eigenvalue weighted by Crippen LogP contribution is -2.05. The molecule has 2 rings (SSSR count). The first-order valence-electron chi connectivity index (χ1n) is 6.35. The summed E-state index contributed by atoms with van der Waals surface area (Å²) >= 11 is 3.84. The van der Waals surface area contributed by atoms with E-state index in [0.29, 0.717) is 24.5 Å². The third kappa shape index (κ3) is 4.65. The number of rotatable bonds is 4. The molecule has 0 heterocycles. The first-order valence-corrected chi connectivity index (χ1v) is 8.51. The largest absolute Gasteiger partial charge is 0.507 e. The molecule has 0 saturated carbocycles. The summed E-state index contributed by atoms with van der Waals surface area (Å²) in [6, 6.07) is 6.04. The number of carboxylic acid groups (broad SMARTS) is 1. The van der Waals surface area contributed by atoms with Crippen molar-refractivity contribution in [2.75, 3.05) is 0 Å². The number of ether oxygens (including phenoxy) is 1. The fourth-order valence-corrected chi connectivity index (χ4v) is 4.03. The maximum Gasteiger partial charge on any atom is 0.420 e. The molecule has 0 saturated heterocycles. The number of alkyl halides is 3. The number of phenolic OH excluding ortho intramolecular Hbond substituents is 1. The number of aliphatic carboxylic acids is 1. The fourth-order valence-electron chi connectivity index (χ4n) is 1.91. The van der Waals surface area contributed by atoms with Crippen molar-refractivity contribution in [1.29, 1.82) is 0 Å². The monoisotopic (exact) mass is 564 g/mol. The zero-order valence-electron chi connectivity index (χ0n) is 11.7. The maximum absolute atomic E-state index is 12.8. The van der Waals surface area contributed by atoms with E-state index < -0.39 is 23.5 Å². The Morgan fingerprint density at radius 1 is 1.12 bits per heavy atom. The quantitative estimate of drug-likeness (QED) is 0.512. The molecule has 0 fully saturated rings. The Kier molecular flexibility index (Phi) is 5.83. The molecule has 0 atom stereocenters. The Balaban J connectivity index is 2.37. The van der Waals surface area contributed by atoms with Crippen molar-refractivity contribution in [2.24, 2.45) is 0 Å². The van der Waals surface area contributed by atoms with E-state index in [1.165, 1.54) is 6.07 Å². The smallest absolute Gasteiger partial charge is 0.420 e. The molecule has 0 spiro atoms. The van der Waals surface area contributed by atoms with Gasteiger partial charge >= 0.3 is 12.1 Å². The maximum atomic E-state index is 12.8. The molecule has 24 heavy (non-hydrogen) atoms. The summed E-state index contributed by atoms with van der Waals surface area (Å²) in [5.41, 5.74) is -0.627. The second-order valence-electron chi connectivity index (χ2n) is 4.74. The summed E-state index contributed by atoms with van der Waals surface area (Å²) < 4.78 is 45.1. The normalized spacial score (nSPS) is 11.4. The number of halogens is 5. The Labute approximate surface area is 161 Å². The molecule has 0 bridgehead atoms. The molecule has 2 aromatic rings. The second-order valence-corrected chi connectivity index (χ2v) is 7.06. The van der Waals surface area contributed by atoms with Gasteiger partial charge in [0.2, 0.25) is 0 Å². The van der Waals surface area contributed by atoms with Gasteiger partial charge in [-0.15, -0.1) is 0 Å². The van der Waals surface area contributed by atoms with Crippen molar-refractivity contribution in [1.82, 2.24) is 0 Å². The molecular weight excluding hydrogens is 555 g/mol. The van der Waals surface area contributed by atoms with Crippen LogP contribution in [0.1, 0.15) is 11.1 Å². The highest BCUT2D eigenvalue weighted by Crippen LogP contribution is 2.40. The van der Waals surface area contributed by atoms with Gasteiger partial charge in [0.25, 0.3) is 0 Å². The third-order valence-corrected chi connectivity index (χ3v) is 4.51. The van der Waals surface area contributed by atoms with Crippen LogP contribution in [0, 0.1) is 7.14 Å². The van der Waals surface area contributed by atoms with Crippen LogP contribution in [0.5, 0.6) is 17.2 Å². The van der Waals surface area contributed by atoms with Crippen molar-refractivity contribution in [3.05, 3.63) is 48.6 Å². The number of benzene rings is 2. The van der Waals surface area contributed by atoms with Gasteiger partial charge in [-0.05, 0) is 81.1 Å². The van der Waals surface area contributed by atoms with Crippen LogP contribution in [0.15, 0.2) is 30.3 Å². The lowest BCUT2D eigenvalue weighted by atomic mass is 10.1. The molecule has 0 amide bonds. The van der Waals surface area contributed by atoms with Crippen LogP contribution >= 0.6 is 45.2 Å². The van der Waals surface area contributed by atoms with E-state index in [1.807, 2.05) is 45.2 Å². The van der Waals surface area contributed by atoms with E-state index in [0.717, 1.165) is 6.07 Å². The van der Waals surface area contributed by atoms with E-state index in [1.54, 1.807) is 12.1 Å². The molecule has 2 aromatic carbocycles. The molecule has 0 aliphatic heterocycles. The van der Waals surface area contributed by atoms with Crippen molar-refractivity contribution in [2.45, 2.75) is 12.6 Å². The van der Waals surface area contributed by atoms with E-state index >= 15 is 0 Å². The van der Waals surface area contributed by atoms with Gasteiger partial charge in [0.05, 0.1) is 13.6 Å². The Morgan fingerprint density at radius 2 is 1.71 bits per heavy atom. The van der Waals surface area contributed by atoms with Gasteiger partial charge in [0, 0.05) is 0 Å². The SMILES string of the molecule is O=C(O)Cc1cc(I)c(Oc2ccc(O)c(C(F)(F)F)c2)c(I)c1. The van der Waals surface area contributed by atoms with E-state index in [2.05, 4.69) is 0 Å². The lowest BCUT2D eigenvalue weighted by Gasteiger charge is -2.14. The van der Waals surface area contributed by atoms with Crippen molar-refractivity contribution < 1.29 is 32.9 Å². The van der Waals surface area contributed by atoms with Gasteiger partial charge in [0.1, 0.15) is 17.1 Å². The van der Waals surface area contributed by atoms with Gasteiger partial charge < -0.3 is 14.9 Å². The van der Waals surface area contributed by atoms with Crippen LogP contribution < -0.4 is 4.74 Å². The summed E-state index contributed by atoms with van der Waals surface area (Å²) in [4.78, 5) is 10.8. The molecule has 9 heteroatoms. The minimum Gasteiger partial charge on any atom is -0.507 e. The number of hydrogen-bond donors (Lipinski definition) is 2. The van der Waals surface area contributed by atoms with Gasteiger partial charge in [-0.2, -0.15) is 13.2 Å². The molecular formula is C15H9F3I2O4. The average Bonchev–Trinajstić information content (AvgIpc) is 2.42. The van der Waals surface area contributed by atoms with Crippen LogP contribution in [-0.2, 0) is 17.4 Å². The highest BCUT2D eigenvalue weighted by atomic mass is 127. The topological polar surface area (TPSA) is 66.8 Å². The zero-order chi connectivity index (χ0) is 18.1. The first-order chi connectivity index (χ1) is 11.1. The van der Waals surface area contributed by atoms with Crippen LogP contribution in [0.25, 0.3) is 0 Å². The predicted molar refractivity (Wildman–Crippen MR) is 96.4 cm³/mol. The highest BCUT2D eigenvalue weighted by Gasteiger charge is 2.34. The molecule has 0 aliphatic rings. The summed E-state index contributed by atoms with van der Waals surface area (Å²) in [6.45, 7) is 0. The van der Waals surface area contributed by atoms with E-state index in [4.69, 9.17) is 9.84 Å². The highest BCUT2D eigenvalue weighted by molar-refractivity contribution is 14.1. The van der Waals surface area contributed by atoms with Crippen LogP contribution in [0.4, 0.5) is 13.2 Å². The molecule has 0 aromatic heterocycles. The van der Waals surface area contributed by atoms with Gasteiger partial charge in [-0.3, -0.25) is 4.79 Å². The van der Waals surface area contributed by atoms with Gasteiger partial charge in [0.15, 0.2) is 5.75 Å². The molecule has 2 N–H and O–H groups in total. The first kappa shape index (κ1) is 19.1. The molecule has 4 nitrogen and oxygen atoms in total. The van der Waals surface area contributed by atoms with Crippen LogP contribution in [-0.4, -0.2) is 16.2 Å². The van der Waals surface area contributed by atoms with Crippen molar-refractivity contribution in [3.63, 3.8) is 0 Å². The number of carboxylic acids is 1. The fraction of sp³-hybridized carbons (Fsp3) is 0.133. The summed E-state index contributed by atoms with van der Waals surface area (Å²) in [5.74, 6) is -1.62. The Bertz CT molecular complexity index is 768. The minimum atomic E-state index is -4.70. The van der Waals surface area contributed by atoms with Crippen molar-refractivity contribution in [3.8, 4) is 17.2 Å². The summed E-state index contributed by atoms with van der Waals surface area (Å²) in [6.07, 6.45) is -4.86. The molecule has 0 radical (unpaired) electrons. The molecule has 0 aliphatic carbocycles. The Morgan fingerprint density at radius 3 is 2.21 bits per heavy atom. The van der Waals surface area contributed by atoms with Crippen LogP contribution in [0.3, 0.4) is 0 Å². The molecule has 128 valence electrons. The molecule has 0 unspecified atom stereocenters. The predicted octanol–water partition coefficient (Wildman–Crippen LogP) is 5.04. The Hall–Kier alpha value is -1.24. The summed E-state index contributed by atoms with van der Waals surface area (Å²) in [5, 5.41) is 18.2. The third-order valence-electron chi connectivity index (χ3n) is 2.91. The van der Waals surface area contributed by atoms with Crippen molar-refractivity contribution >= 4 is 51.2 Å². The zero-order valence-corrected chi connectivity index (χ0v) is 16.0. The van der Waals surface area contributed by atoms with E-state index in [9.17, 15) is 23.1 Å². The second kappa shape index (κ2) is 7.33. The average molecular weight is 564 g/mol. The van der Waals surface area contributed by atoms with Gasteiger partial charge in [-0.1, -0.05) is 0 Å². The standard InChI is InChI=1S/C15H9F3I2O4/c16-15(17,18)9-6-8(1-2-12(9)21)24-14-10(19)3-7(4-11(14)20)5-13(22)23/h1-4,6,21H,5H2,(H,22,23). The number of hydrogen-bond acceptors (Lipinski definition) is 3. The van der Waals surface area contributed by atoms with Crippen LogP contribution in [0.2, 0.25) is 0 Å². The van der Waals surface area contributed by atoms with Gasteiger partial charge in [-0.25, -0.2) is 0 Å². The minimum absolute atomic E-state index is 0.0815. The summed E-state index contributed by atoms with van der Waals surface area (Å²) in [7, 11) is 0. The number of carbonyl (C=O) groups is 1. The van der Waals surface area contributed by atoms with E-state index in [-0.39, 0.29) is 12.2 Å². The lowest BCUT2D eigenvalue weighted by molar-refractivity contribution is -0.139.